The van der Waals surface area contributed by atoms with E-state index in [4.69, 9.17) is 16.3 Å². The number of hydrazone groups is 1. The van der Waals surface area contributed by atoms with Gasteiger partial charge in [-0.2, -0.15) is 48.1 Å². The van der Waals surface area contributed by atoms with Gasteiger partial charge in [0.15, 0.2) is 0 Å². The molecule has 218 valence electrons. The van der Waals surface area contributed by atoms with Crippen molar-refractivity contribution in [3.63, 3.8) is 0 Å². The van der Waals surface area contributed by atoms with Crippen LogP contribution in [0.4, 0.5) is 41.6 Å². The van der Waals surface area contributed by atoms with Gasteiger partial charge in [-0.25, -0.2) is 14.6 Å². The Kier molecular flexibility index (Phi) is 9.71. The third kappa shape index (κ3) is 7.03. The molecule has 0 spiro atoms. The fourth-order valence-electron chi connectivity index (χ4n) is 4.29. The molecule has 2 aromatic carbocycles. The molecular weight excluding hydrogens is 584 g/mol. The SMILES string of the molecule is CCOC(=O)N(C(=O)N1CC(C)(CCCSC)C(c2ccc(C(F)(F)F)c(Cl)c2)=N1)c1ccc(C(F)(F)F)cc1. The van der Waals surface area contributed by atoms with Crippen LogP contribution in [0.5, 0.6) is 0 Å². The van der Waals surface area contributed by atoms with Crippen molar-refractivity contribution >= 4 is 46.9 Å². The van der Waals surface area contributed by atoms with Crippen molar-refractivity contribution in [2.24, 2.45) is 10.5 Å². The van der Waals surface area contributed by atoms with Crippen LogP contribution in [0.1, 0.15) is 43.4 Å². The quantitative estimate of drug-likeness (QED) is 0.234. The minimum atomic E-state index is -4.67. The summed E-state index contributed by atoms with van der Waals surface area (Å²) in [5, 5.41) is 4.82. The zero-order valence-electron chi connectivity index (χ0n) is 21.7. The number of amides is 3. The second kappa shape index (κ2) is 12.3. The van der Waals surface area contributed by atoms with Crippen LogP contribution >= 0.6 is 23.4 Å². The molecule has 0 aromatic heterocycles. The average Bonchev–Trinajstić information content (AvgIpc) is 3.21. The number of ether oxygens (including phenoxy) is 1. The summed E-state index contributed by atoms with van der Waals surface area (Å²) in [6.07, 6.45) is -7.33. The lowest BCUT2D eigenvalue weighted by atomic mass is 9.78. The van der Waals surface area contributed by atoms with Gasteiger partial charge < -0.3 is 4.74 Å². The number of alkyl halides is 6. The third-order valence-electron chi connectivity index (χ3n) is 6.23. The maximum Gasteiger partial charge on any atom is 0.422 e. The van der Waals surface area contributed by atoms with Crippen LogP contribution in [0.2, 0.25) is 5.02 Å². The van der Waals surface area contributed by atoms with Crippen molar-refractivity contribution in [1.29, 1.82) is 0 Å². The predicted molar refractivity (Wildman–Crippen MR) is 142 cm³/mol. The molecule has 1 atom stereocenters. The number of carbonyl (C=O) groups excluding carboxylic acids is 2. The zero-order valence-corrected chi connectivity index (χ0v) is 23.3. The summed E-state index contributed by atoms with van der Waals surface area (Å²) >= 11 is 7.55. The molecule has 1 heterocycles. The van der Waals surface area contributed by atoms with E-state index < -0.39 is 46.0 Å². The highest BCUT2D eigenvalue weighted by molar-refractivity contribution is 7.98. The molecule has 40 heavy (non-hydrogen) atoms. The van der Waals surface area contributed by atoms with Crippen LogP contribution in [0.25, 0.3) is 0 Å². The first-order chi connectivity index (χ1) is 18.6. The van der Waals surface area contributed by atoms with Crippen LogP contribution in [0.3, 0.4) is 0 Å². The van der Waals surface area contributed by atoms with Crippen LogP contribution in [0, 0.1) is 5.41 Å². The Balaban J connectivity index is 2.04. The molecular formula is C26H26ClF6N3O3S. The Bertz CT molecular complexity index is 1270. The summed E-state index contributed by atoms with van der Waals surface area (Å²) in [4.78, 5) is 27.0. The lowest BCUT2D eigenvalue weighted by Crippen LogP contribution is -2.45. The number of hydrogen-bond acceptors (Lipinski definition) is 5. The van der Waals surface area contributed by atoms with E-state index in [1.54, 1.807) is 18.7 Å². The maximum absolute atomic E-state index is 13.6. The van der Waals surface area contributed by atoms with Gasteiger partial charge in [-0.3, -0.25) is 0 Å². The highest BCUT2D eigenvalue weighted by atomic mass is 35.5. The topological polar surface area (TPSA) is 62.2 Å². The minimum absolute atomic E-state index is 0.0509. The molecule has 3 rings (SSSR count). The van der Waals surface area contributed by atoms with Crippen LogP contribution < -0.4 is 4.90 Å². The normalized spacial score (nSPS) is 17.6. The minimum Gasteiger partial charge on any atom is -0.449 e. The van der Waals surface area contributed by atoms with Crippen molar-refractivity contribution in [3.05, 3.63) is 64.2 Å². The molecule has 1 unspecified atom stereocenters. The van der Waals surface area contributed by atoms with E-state index in [1.165, 1.54) is 13.0 Å². The predicted octanol–water partition coefficient (Wildman–Crippen LogP) is 8.33. The summed E-state index contributed by atoms with van der Waals surface area (Å²) in [6, 6.07) is 5.56. The highest BCUT2D eigenvalue weighted by Crippen LogP contribution is 2.40. The Morgan fingerprint density at radius 2 is 1.75 bits per heavy atom. The number of nitrogens with zero attached hydrogens (tertiary/aromatic N) is 3. The number of urea groups is 1. The lowest BCUT2D eigenvalue weighted by Gasteiger charge is -2.28. The van der Waals surface area contributed by atoms with Gasteiger partial charge in [0.25, 0.3) is 0 Å². The second-order valence-electron chi connectivity index (χ2n) is 9.22. The molecule has 1 aliphatic heterocycles. The first kappa shape index (κ1) is 31.6. The van der Waals surface area contributed by atoms with Gasteiger partial charge in [-0.1, -0.05) is 24.6 Å². The van der Waals surface area contributed by atoms with Gasteiger partial charge in [0.2, 0.25) is 0 Å². The number of halogens is 7. The number of rotatable bonds is 7. The molecule has 0 N–H and O–H groups in total. The molecule has 3 amide bonds. The Morgan fingerprint density at radius 1 is 1.10 bits per heavy atom. The molecule has 2 aromatic rings. The van der Waals surface area contributed by atoms with Gasteiger partial charge in [-0.15, -0.1) is 0 Å². The van der Waals surface area contributed by atoms with Crippen molar-refractivity contribution in [2.75, 3.05) is 30.1 Å². The number of carbonyl (C=O) groups is 2. The third-order valence-corrected chi connectivity index (χ3v) is 7.24. The fraction of sp³-hybridized carbons (Fsp3) is 0.423. The standard InChI is InChI=1S/C26H26ClF6N3O3S/c1-4-39-23(38)36(18-9-7-17(8-10-18)25(28,29)30)22(37)35-15-24(2,12-5-13-40-3)21(34-35)16-6-11-19(20(27)14-16)26(31,32)33/h6-11,14H,4-5,12-13,15H2,1-3H3. The monoisotopic (exact) mass is 609 g/mol. The van der Waals surface area contributed by atoms with Gasteiger partial charge in [-0.05, 0) is 73.7 Å². The lowest BCUT2D eigenvalue weighted by molar-refractivity contribution is -0.138. The summed E-state index contributed by atoms with van der Waals surface area (Å²) in [5.41, 5.74) is -2.47. The zero-order chi connectivity index (χ0) is 29.9. The molecule has 0 saturated carbocycles. The number of benzene rings is 2. The maximum atomic E-state index is 13.6. The first-order valence-electron chi connectivity index (χ1n) is 12.0. The fourth-order valence-corrected chi connectivity index (χ4v) is 5.01. The summed E-state index contributed by atoms with van der Waals surface area (Å²) < 4.78 is 84.0. The smallest absolute Gasteiger partial charge is 0.422 e. The van der Waals surface area contributed by atoms with E-state index in [0.29, 0.717) is 17.7 Å². The molecule has 14 heteroatoms. The van der Waals surface area contributed by atoms with Gasteiger partial charge >= 0.3 is 24.5 Å². The Hall–Kier alpha value is -2.93. The Morgan fingerprint density at radius 3 is 2.27 bits per heavy atom. The Labute approximate surface area is 236 Å². The van der Waals surface area contributed by atoms with Crippen molar-refractivity contribution in [3.8, 4) is 0 Å². The molecule has 0 bridgehead atoms. The van der Waals surface area contributed by atoms with Crippen LogP contribution in [-0.4, -0.2) is 48.0 Å². The van der Waals surface area contributed by atoms with Crippen LogP contribution in [-0.2, 0) is 17.1 Å². The van der Waals surface area contributed by atoms with Gasteiger partial charge in [0, 0.05) is 5.41 Å². The van der Waals surface area contributed by atoms with E-state index in [1.807, 2.05) is 6.26 Å². The molecule has 6 nitrogen and oxygen atoms in total. The number of anilines is 1. The van der Waals surface area contributed by atoms with E-state index in [9.17, 15) is 35.9 Å². The van der Waals surface area contributed by atoms with Crippen LogP contribution in [0.15, 0.2) is 47.6 Å². The average molecular weight is 610 g/mol. The molecule has 0 aliphatic carbocycles. The van der Waals surface area contributed by atoms with Crippen molar-refractivity contribution in [1.82, 2.24) is 5.01 Å². The van der Waals surface area contributed by atoms with Gasteiger partial charge in [0.1, 0.15) is 0 Å². The first-order valence-corrected chi connectivity index (χ1v) is 13.8. The largest absolute Gasteiger partial charge is 0.449 e. The molecule has 0 fully saturated rings. The van der Waals surface area contributed by atoms with E-state index >= 15 is 0 Å². The van der Waals surface area contributed by atoms with Crippen molar-refractivity contribution < 1.29 is 40.7 Å². The second-order valence-corrected chi connectivity index (χ2v) is 10.6. The number of hydrogen-bond donors (Lipinski definition) is 0. The molecule has 0 saturated heterocycles. The van der Waals surface area contributed by atoms with E-state index in [0.717, 1.165) is 47.2 Å². The van der Waals surface area contributed by atoms with E-state index in [2.05, 4.69) is 5.10 Å². The molecule has 1 aliphatic rings. The van der Waals surface area contributed by atoms with Crippen molar-refractivity contribution in [2.45, 2.75) is 39.0 Å². The van der Waals surface area contributed by atoms with E-state index in [-0.39, 0.29) is 30.1 Å². The summed E-state index contributed by atoms with van der Waals surface area (Å²) in [7, 11) is 0. The van der Waals surface area contributed by atoms with Gasteiger partial charge in [0.05, 0.1) is 40.7 Å². The number of thioether (sulfide) groups is 1. The molecule has 0 radical (unpaired) electrons. The summed E-state index contributed by atoms with van der Waals surface area (Å²) in [5.74, 6) is 0.769. The number of imide groups is 1. The highest BCUT2D eigenvalue weighted by Gasteiger charge is 2.44. The summed E-state index contributed by atoms with van der Waals surface area (Å²) in [6.45, 7) is 3.12.